The summed E-state index contributed by atoms with van der Waals surface area (Å²) >= 11 is 4.71. The maximum atomic E-state index is 4.71. The van der Waals surface area contributed by atoms with E-state index >= 15 is 0 Å². The van der Waals surface area contributed by atoms with Crippen LogP contribution in [0.2, 0.25) is 0 Å². The van der Waals surface area contributed by atoms with Gasteiger partial charge < -0.3 is 5.32 Å². The zero-order valence-electron chi connectivity index (χ0n) is 5.99. The molecule has 1 heterocycles. The molecular weight excluding hydrogens is 134 g/mol. The molecule has 0 aromatic heterocycles. The van der Waals surface area contributed by atoms with Crippen molar-refractivity contribution in [2.45, 2.75) is 26.9 Å². The summed E-state index contributed by atoms with van der Waals surface area (Å²) in [6.07, 6.45) is 0.271. The molecule has 1 unspecified atom stereocenters. The van der Waals surface area contributed by atoms with E-state index in [0.717, 1.165) is 0 Å². The first-order valence-corrected chi connectivity index (χ1v) is 3.52. The highest BCUT2D eigenvalue weighted by molar-refractivity contribution is 7.80. The lowest BCUT2D eigenvalue weighted by Crippen LogP contribution is -2.30. The molecule has 3 nitrogen and oxygen atoms in total. The monoisotopic (exact) mass is 147 g/mol. The zero-order valence-corrected chi connectivity index (χ0v) is 6.80. The molecule has 0 spiro atoms. The lowest BCUT2D eigenvalue weighted by molar-refractivity contribution is 0.570. The topological polar surface area (TPSA) is 36.1 Å². The van der Waals surface area contributed by atoms with Gasteiger partial charge in [-0.2, -0.15) is 0 Å². The lowest BCUT2D eigenvalue weighted by Gasteiger charge is -1.95. The Balaban J connectivity index is 0.000000291. The van der Waals surface area contributed by atoms with Crippen LogP contribution in [-0.4, -0.2) is 11.3 Å². The Morgan fingerprint density at radius 1 is 1.44 bits per heavy atom. The van der Waals surface area contributed by atoms with Crippen molar-refractivity contribution in [3.8, 4) is 0 Å². The number of hydrazine groups is 1. The quantitative estimate of drug-likeness (QED) is 0.432. The third kappa shape index (κ3) is 3.26. The second-order valence-electron chi connectivity index (χ2n) is 1.46. The van der Waals surface area contributed by atoms with Gasteiger partial charge in [-0.15, -0.1) is 0 Å². The van der Waals surface area contributed by atoms with Crippen LogP contribution in [-0.2, 0) is 0 Å². The molecule has 3 N–H and O–H groups in total. The van der Waals surface area contributed by atoms with Gasteiger partial charge >= 0.3 is 0 Å². The van der Waals surface area contributed by atoms with Gasteiger partial charge in [-0.25, -0.2) is 5.43 Å². The Morgan fingerprint density at radius 3 is 2.11 bits per heavy atom. The van der Waals surface area contributed by atoms with E-state index in [1.54, 1.807) is 0 Å². The van der Waals surface area contributed by atoms with E-state index in [1.165, 1.54) is 0 Å². The molecule has 0 amide bonds. The molecular formula is C5H13N3S. The number of nitrogens with one attached hydrogen (secondary N) is 3. The van der Waals surface area contributed by atoms with E-state index in [0.29, 0.717) is 5.11 Å². The van der Waals surface area contributed by atoms with Crippen molar-refractivity contribution in [2.75, 3.05) is 0 Å². The van der Waals surface area contributed by atoms with Crippen LogP contribution in [0.15, 0.2) is 0 Å². The van der Waals surface area contributed by atoms with E-state index in [2.05, 4.69) is 16.2 Å². The average molecular weight is 147 g/mol. The van der Waals surface area contributed by atoms with Gasteiger partial charge in [0.2, 0.25) is 0 Å². The standard InChI is InChI=1S/C3H7N3S.C2H6/c1-2-4-3(7)6-5-2;1-2/h2,5H,1H3,(H2,4,6,7);1-2H3. The van der Waals surface area contributed by atoms with E-state index in [9.17, 15) is 0 Å². The third-order valence-corrected chi connectivity index (χ3v) is 0.970. The smallest absolute Gasteiger partial charge is 0.182 e. The molecule has 1 fully saturated rings. The normalized spacial score (nSPS) is 23.4. The summed E-state index contributed by atoms with van der Waals surface area (Å²) in [5.74, 6) is 0. The van der Waals surface area contributed by atoms with Crippen LogP contribution < -0.4 is 16.2 Å². The van der Waals surface area contributed by atoms with Crippen LogP contribution in [0, 0.1) is 0 Å². The molecule has 1 saturated heterocycles. The van der Waals surface area contributed by atoms with Crippen LogP contribution in [0.4, 0.5) is 0 Å². The molecule has 1 aliphatic heterocycles. The van der Waals surface area contributed by atoms with Gasteiger partial charge in [-0.1, -0.05) is 13.8 Å². The Hall–Kier alpha value is -0.350. The molecule has 1 rings (SSSR count). The summed E-state index contributed by atoms with van der Waals surface area (Å²) in [6, 6.07) is 0. The zero-order chi connectivity index (χ0) is 7.28. The predicted octanol–water partition coefficient (Wildman–Crippen LogP) is 0.341. The highest BCUT2D eigenvalue weighted by Crippen LogP contribution is 1.78. The summed E-state index contributed by atoms with van der Waals surface area (Å²) in [6.45, 7) is 5.98. The maximum absolute atomic E-state index is 4.71. The van der Waals surface area contributed by atoms with Crippen molar-refractivity contribution in [1.29, 1.82) is 0 Å². The van der Waals surface area contributed by atoms with E-state index in [4.69, 9.17) is 12.2 Å². The van der Waals surface area contributed by atoms with Crippen LogP contribution in [0.25, 0.3) is 0 Å². The van der Waals surface area contributed by atoms with Gasteiger partial charge in [-0.3, -0.25) is 5.43 Å². The van der Waals surface area contributed by atoms with E-state index in [1.807, 2.05) is 20.8 Å². The molecule has 54 valence electrons. The summed E-state index contributed by atoms with van der Waals surface area (Å²) in [5.41, 5.74) is 5.61. The van der Waals surface area contributed by atoms with Gasteiger partial charge in [-0.05, 0) is 19.1 Å². The Morgan fingerprint density at radius 2 is 2.00 bits per heavy atom. The fourth-order valence-electron chi connectivity index (χ4n) is 0.443. The number of rotatable bonds is 0. The molecule has 0 bridgehead atoms. The van der Waals surface area contributed by atoms with Crippen LogP contribution in [0.5, 0.6) is 0 Å². The summed E-state index contributed by atoms with van der Waals surface area (Å²) in [4.78, 5) is 0. The van der Waals surface area contributed by atoms with Crippen LogP contribution in [0.3, 0.4) is 0 Å². The highest BCUT2D eigenvalue weighted by Gasteiger charge is 2.08. The van der Waals surface area contributed by atoms with Crippen molar-refractivity contribution in [3.05, 3.63) is 0 Å². The second-order valence-corrected chi connectivity index (χ2v) is 1.87. The van der Waals surface area contributed by atoms with Crippen LogP contribution in [0.1, 0.15) is 20.8 Å². The Labute approximate surface area is 61.2 Å². The first-order chi connectivity index (χ1) is 4.29. The second kappa shape index (κ2) is 4.52. The van der Waals surface area contributed by atoms with E-state index in [-0.39, 0.29) is 6.17 Å². The SMILES string of the molecule is CC.CC1NNC(=S)N1. The van der Waals surface area contributed by atoms with E-state index < -0.39 is 0 Å². The van der Waals surface area contributed by atoms with Gasteiger partial charge in [0.1, 0.15) is 0 Å². The van der Waals surface area contributed by atoms with Crippen molar-refractivity contribution in [2.24, 2.45) is 0 Å². The first kappa shape index (κ1) is 8.65. The van der Waals surface area contributed by atoms with Crippen molar-refractivity contribution >= 4 is 17.3 Å². The molecule has 0 saturated carbocycles. The molecule has 4 heteroatoms. The van der Waals surface area contributed by atoms with Crippen molar-refractivity contribution < 1.29 is 0 Å². The number of hydrogen-bond acceptors (Lipinski definition) is 2. The molecule has 0 aliphatic carbocycles. The summed E-state index contributed by atoms with van der Waals surface area (Å²) < 4.78 is 0. The van der Waals surface area contributed by atoms with Crippen molar-refractivity contribution in [3.63, 3.8) is 0 Å². The molecule has 0 aromatic carbocycles. The average Bonchev–Trinajstić information content (AvgIpc) is 2.20. The summed E-state index contributed by atoms with van der Waals surface area (Å²) in [5, 5.41) is 3.60. The molecule has 1 atom stereocenters. The van der Waals surface area contributed by atoms with Gasteiger partial charge in [0.25, 0.3) is 0 Å². The molecule has 0 aromatic rings. The molecule has 1 aliphatic rings. The minimum Gasteiger partial charge on any atom is -0.345 e. The minimum atomic E-state index is 0.271. The third-order valence-electron chi connectivity index (χ3n) is 0.750. The molecule has 0 radical (unpaired) electrons. The van der Waals surface area contributed by atoms with Crippen LogP contribution >= 0.6 is 12.2 Å². The molecule has 9 heavy (non-hydrogen) atoms. The number of hydrogen-bond donors (Lipinski definition) is 3. The number of thiocarbonyl (C=S) groups is 1. The summed E-state index contributed by atoms with van der Waals surface area (Å²) in [7, 11) is 0. The fourth-order valence-corrected chi connectivity index (χ4v) is 0.678. The van der Waals surface area contributed by atoms with Gasteiger partial charge in [0, 0.05) is 0 Å². The lowest BCUT2D eigenvalue weighted by atomic mass is 10.6. The highest BCUT2D eigenvalue weighted by atomic mass is 32.1. The predicted molar refractivity (Wildman–Crippen MR) is 42.8 cm³/mol. The largest absolute Gasteiger partial charge is 0.345 e. The van der Waals surface area contributed by atoms with Gasteiger partial charge in [0.05, 0.1) is 6.17 Å². The van der Waals surface area contributed by atoms with Crippen molar-refractivity contribution in [1.82, 2.24) is 16.2 Å². The Kier molecular flexibility index (Phi) is 4.35. The minimum absolute atomic E-state index is 0.271. The van der Waals surface area contributed by atoms with Gasteiger partial charge in [0.15, 0.2) is 5.11 Å². The Bertz CT molecular complexity index is 94.2. The first-order valence-electron chi connectivity index (χ1n) is 3.11. The maximum Gasteiger partial charge on any atom is 0.182 e. The fraction of sp³-hybridized carbons (Fsp3) is 0.800.